The first kappa shape index (κ1) is 14.5. The average molecular weight is 293 g/mol. The van der Waals surface area contributed by atoms with E-state index in [4.69, 9.17) is 11.6 Å². The van der Waals surface area contributed by atoms with Gasteiger partial charge in [-0.05, 0) is 18.6 Å². The molecule has 0 aliphatic heterocycles. The van der Waals surface area contributed by atoms with Crippen molar-refractivity contribution in [3.05, 3.63) is 47.0 Å². The smallest absolute Gasteiger partial charge is 0.220 e. The summed E-state index contributed by atoms with van der Waals surface area (Å²) in [5.74, 6) is 0.705. The first-order valence-corrected chi connectivity index (χ1v) is 6.90. The van der Waals surface area contributed by atoms with Gasteiger partial charge in [0.2, 0.25) is 5.91 Å². The van der Waals surface area contributed by atoms with Crippen LogP contribution in [0.1, 0.15) is 37.7 Å². The van der Waals surface area contributed by atoms with Crippen LogP contribution >= 0.6 is 11.6 Å². The van der Waals surface area contributed by atoms with Gasteiger partial charge in [-0.2, -0.15) is 5.10 Å². The Balaban J connectivity index is 2.16. The molecule has 2 aromatic rings. The highest BCUT2D eigenvalue weighted by atomic mass is 35.5. The summed E-state index contributed by atoms with van der Waals surface area (Å²) < 4.78 is 1.75. The molecule has 0 spiro atoms. The molecule has 5 nitrogen and oxygen atoms in total. The van der Waals surface area contributed by atoms with Crippen LogP contribution in [0.4, 0.5) is 0 Å². The molecule has 1 amide bonds. The third-order valence-corrected chi connectivity index (χ3v) is 3.38. The largest absolute Gasteiger partial charge is 0.346 e. The molecule has 0 radical (unpaired) electrons. The van der Waals surface area contributed by atoms with E-state index in [-0.39, 0.29) is 11.9 Å². The van der Waals surface area contributed by atoms with E-state index in [0.29, 0.717) is 23.8 Å². The van der Waals surface area contributed by atoms with Gasteiger partial charge in [-0.1, -0.05) is 36.7 Å². The van der Waals surface area contributed by atoms with Gasteiger partial charge in [-0.25, -0.2) is 9.67 Å². The van der Waals surface area contributed by atoms with Crippen LogP contribution in [0.25, 0.3) is 0 Å². The number of nitrogens with zero attached hydrogens (tertiary/aromatic N) is 3. The normalized spacial score (nSPS) is 12.2. The number of hydrogen-bond donors (Lipinski definition) is 1. The monoisotopic (exact) mass is 292 g/mol. The van der Waals surface area contributed by atoms with E-state index in [1.54, 1.807) is 4.68 Å². The van der Waals surface area contributed by atoms with Gasteiger partial charge in [0.05, 0.1) is 12.6 Å². The summed E-state index contributed by atoms with van der Waals surface area (Å²) in [4.78, 5) is 15.7. The quantitative estimate of drug-likeness (QED) is 0.921. The minimum atomic E-state index is -0.188. The van der Waals surface area contributed by atoms with E-state index in [1.807, 2.05) is 38.1 Å². The van der Waals surface area contributed by atoms with Crippen LogP contribution in [-0.2, 0) is 11.3 Å². The van der Waals surface area contributed by atoms with Crippen molar-refractivity contribution in [2.45, 2.75) is 32.9 Å². The lowest BCUT2D eigenvalue weighted by atomic mass is 10.2. The third-order valence-electron chi connectivity index (χ3n) is 3.01. The van der Waals surface area contributed by atoms with E-state index < -0.39 is 0 Å². The standard InChI is InChI=1S/C14H17ClN4O/c1-3-13(20)18-10(2)14-16-9-17-19(14)8-11-6-4-5-7-12(11)15/h4-7,9-10H,3,8H2,1-2H3,(H,18,20). The van der Waals surface area contributed by atoms with Crippen LogP contribution in [-0.4, -0.2) is 20.7 Å². The van der Waals surface area contributed by atoms with E-state index in [9.17, 15) is 4.79 Å². The lowest BCUT2D eigenvalue weighted by molar-refractivity contribution is -0.121. The maximum absolute atomic E-state index is 11.5. The maximum Gasteiger partial charge on any atom is 0.220 e. The number of rotatable bonds is 5. The Bertz CT molecular complexity index is 596. The number of amides is 1. The zero-order valence-corrected chi connectivity index (χ0v) is 12.3. The first-order valence-electron chi connectivity index (χ1n) is 6.52. The topological polar surface area (TPSA) is 59.8 Å². The number of hydrogen-bond acceptors (Lipinski definition) is 3. The van der Waals surface area contributed by atoms with Gasteiger partial charge >= 0.3 is 0 Å². The molecular formula is C14H17ClN4O. The number of benzene rings is 1. The lowest BCUT2D eigenvalue weighted by Gasteiger charge is -2.14. The highest BCUT2D eigenvalue weighted by Crippen LogP contribution is 2.17. The van der Waals surface area contributed by atoms with Crippen molar-refractivity contribution in [2.75, 3.05) is 0 Å². The Hall–Kier alpha value is -1.88. The maximum atomic E-state index is 11.5. The Morgan fingerprint density at radius 2 is 2.20 bits per heavy atom. The number of nitrogens with one attached hydrogen (secondary N) is 1. The highest BCUT2D eigenvalue weighted by molar-refractivity contribution is 6.31. The molecule has 1 N–H and O–H groups in total. The van der Waals surface area contributed by atoms with Gasteiger partial charge in [-0.15, -0.1) is 0 Å². The van der Waals surface area contributed by atoms with E-state index >= 15 is 0 Å². The van der Waals surface area contributed by atoms with E-state index in [0.717, 1.165) is 5.56 Å². The second kappa shape index (κ2) is 6.52. The van der Waals surface area contributed by atoms with Gasteiger partial charge in [0, 0.05) is 11.4 Å². The Morgan fingerprint density at radius 1 is 1.45 bits per heavy atom. The minimum Gasteiger partial charge on any atom is -0.346 e. The van der Waals surface area contributed by atoms with Crippen molar-refractivity contribution in [1.29, 1.82) is 0 Å². The number of carbonyl (C=O) groups excluding carboxylic acids is 1. The summed E-state index contributed by atoms with van der Waals surface area (Å²) in [6.07, 6.45) is 1.93. The van der Waals surface area contributed by atoms with Crippen molar-refractivity contribution < 1.29 is 4.79 Å². The highest BCUT2D eigenvalue weighted by Gasteiger charge is 2.15. The van der Waals surface area contributed by atoms with Crippen molar-refractivity contribution in [1.82, 2.24) is 20.1 Å². The molecule has 106 valence electrons. The fourth-order valence-electron chi connectivity index (χ4n) is 1.93. The predicted octanol–water partition coefficient (Wildman–Crippen LogP) is 2.57. The summed E-state index contributed by atoms with van der Waals surface area (Å²) in [5.41, 5.74) is 0.968. The predicted molar refractivity (Wildman–Crippen MR) is 77.4 cm³/mol. The molecule has 0 saturated carbocycles. The molecule has 0 fully saturated rings. The van der Waals surface area contributed by atoms with Crippen molar-refractivity contribution in [2.24, 2.45) is 0 Å². The molecule has 0 aliphatic carbocycles. The Labute approximate surface area is 123 Å². The minimum absolute atomic E-state index is 0.00945. The summed E-state index contributed by atoms with van der Waals surface area (Å²) >= 11 is 6.15. The fraction of sp³-hybridized carbons (Fsp3) is 0.357. The SMILES string of the molecule is CCC(=O)NC(C)c1ncnn1Cc1ccccc1Cl. The Kier molecular flexibility index (Phi) is 4.74. The van der Waals surface area contributed by atoms with Crippen LogP contribution in [0.3, 0.4) is 0 Å². The Morgan fingerprint density at radius 3 is 2.90 bits per heavy atom. The second-order valence-electron chi connectivity index (χ2n) is 4.51. The third kappa shape index (κ3) is 3.36. The molecule has 1 aromatic carbocycles. The molecule has 6 heteroatoms. The molecule has 0 bridgehead atoms. The van der Waals surface area contributed by atoms with Crippen LogP contribution in [0.5, 0.6) is 0 Å². The van der Waals surface area contributed by atoms with Gasteiger partial charge < -0.3 is 5.32 Å². The van der Waals surface area contributed by atoms with Crippen molar-refractivity contribution in [3.8, 4) is 0 Å². The van der Waals surface area contributed by atoms with Crippen molar-refractivity contribution in [3.63, 3.8) is 0 Å². The van der Waals surface area contributed by atoms with Gasteiger partial charge in [0.15, 0.2) is 0 Å². The van der Waals surface area contributed by atoms with E-state index in [2.05, 4.69) is 15.4 Å². The molecule has 0 aliphatic rings. The van der Waals surface area contributed by atoms with Crippen LogP contribution in [0.2, 0.25) is 5.02 Å². The second-order valence-corrected chi connectivity index (χ2v) is 4.92. The summed E-state index contributed by atoms with van der Waals surface area (Å²) in [7, 11) is 0. The van der Waals surface area contributed by atoms with Crippen LogP contribution in [0.15, 0.2) is 30.6 Å². The fourth-order valence-corrected chi connectivity index (χ4v) is 2.12. The van der Waals surface area contributed by atoms with Crippen LogP contribution < -0.4 is 5.32 Å². The molecule has 1 unspecified atom stereocenters. The molecule has 1 aromatic heterocycles. The van der Waals surface area contributed by atoms with Crippen LogP contribution in [0, 0.1) is 0 Å². The first-order chi connectivity index (χ1) is 9.61. The zero-order valence-electron chi connectivity index (χ0n) is 11.5. The summed E-state index contributed by atoms with van der Waals surface area (Å²) in [6, 6.07) is 7.42. The molecular weight excluding hydrogens is 276 g/mol. The number of aromatic nitrogens is 3. The molecule has 1 heterocycles. The molecule has 1 atom stereocenters. The molecule has 2 rings (SSSR count). The lowest BCUT2D eigenvalue weighted by Crippen LogP contribution is -2.28. The van der Waals surface area contributed by atoms with Gasteiger partial charge in [0.25, 0.3) is 0 Å². The van der Waals surface area contributed by atoms with Gasteiger partial charge in [-0.3, -0.25) is 4.79 Å². The summed E-state index contributed by atoms with van der Waals surface area (Å²) in [5, 5.41) is 7.77. The molecule has 20 heavy (non-hydrogen) atoms. The molecule has 0 saturated heterocycles. The number of halogens is 1. The zero-order chi connectivity index (χ0) is 14.5. The van der Waals surface area contributed by atoms with Gasteiger partial charge in [0.1, 0.15) is 12.2 Å². The average Bonchev–Trinajstić information content (AvgIpc) is 2.89. The van der Waals surface area contributed by atoms with E-state index in [1.165, 1.54) is 6.33 Å². The summed E-state index contributed by atoms with van der Waals surface area (Å²) in [6.45, 7) is 4.23. The number of carbonyl (C=O) groups is 1. The van der Waals surface area contributed by atoms with Crippen molar-refractivity contribution >= 4 is 17.5 Å².